The van der Waals surface area contributed by atoms with E-state index < -0.39 is 0 Å². The Bertz CT molecular complexity index is 453. The molecule has 0 bridgehead atoms. The molecule has 4 nitrogen and oxygen atoms in total. The van der Waals surface area contributed by atoms with Gasteiger partial charge in [0.05, 0.1) is 12.3 Å². The van der Waals surface area contributed by atoms with E-state index >= 15 is 0 Å². The second-order valence-electron chi connectivity index (χ2n) is 7.08. The number of rotatable bonds is 4. The number of anilines is 1. The fraction of sp³-hybridized carbons (Fsp3) is 0.812. The summed E-state index contributed by atoms with van der Waals surface area (Å²) in [6.45, 7) is 9.40. The largest absolute Gasteiger partial charge is 0.384 e. The first-order valence-corrected chi connectivity index (χ1v) is 7.73. The Morgan fingerprint density at radius 2 is 1.95 bits per heavy atom. The number of nitrogens with zero attached hydrogens (tertiary/aromatic N) is 2. The fourth-order valence-corrected chi connectivity index (χ4v) is 3.32. The zero-order valence-electron chi connectivity index (χ0n) is 13.6. The van der Waals surface area contributed by atoms with Gasteiger partial charge in [-0.05, 0) is 33.6 Å². The van der Waals surface area contributed by atoms with Gasteiger partial charge in [0.1, 0.15) is 11.6 Å². The maximum atomic E-state index is 6.43. The molecule has 2 N–H and O–H groups in total. The minimum Gasteiger partial charge on any atom is -0.384 e. The molecule has 1 atom stereocenters. The average molecular weight is 279 g/mol. The molecule has 1 aliphatic rings. The Labute approximate surface area is 122 Å². The van der Waals surface area contributed by atoms with Gasteiger partial charge in [-0.2, -0.15) is 0 Å². The molecule has 0 radical (unpaired) electrons. The number of aromatic nitrogens is 2. The van der Waals surface area contributed by atoms with Crippen LogP contribution < -0.4 is 5.73 Å². The molecule has 4 heteroatoms. The summed E-state index contributed by atoms with van der Waals surface area (Å²) in [4.78, 5) is 4.93. The fourth-order valence-electron chi connectivity index (χ4n) is 3.32. The lowest BCUT2D eigenvalue weighted by atomic mass is 10.0. The van der Waals surface area contributed by atoms with Gasteiger partial charge in [0.25, 0.3) is 0 Å². The van der Waals surface area contributed by atoms with E-state index in [-0.39, 0.29) is 11.5 Å². The Kier molecular flexibility index (Phi) is 4.43. The van der Waals surface area contributed by atoms with Crippen molar-refractivity contribution in [1.29, 1.82) is 0 Å². The third-order valence-electron chi connectivity index (χ3n) is 4.24. The molecule has 1 fully saturated rings. The minimum atomic E-state index is -0.0277. The third kappa shape index (κ3) is 2.85. The lowest BCUT2D eigenvalue weighted by Crippen LogP contribution is -2.26. The van der Waals surface area contributed by atoms with Crippen LogP contribution in [0.3, 0.4) is 0 Å². The summed E-state index contributed by atoms with van der Waals surface area (Å²) in [5, 5.41) is 0. The third-order valence-corrected chi connectivity index (χ3v) is 4.24. The Balaban J connectivity index is 2.46. The van der Waals surface area contributed by atoms with Crippen LogP contribution in [-0.4, -0.2) is 23.3 Å². The average Bonchev–Trinajstić information content (AvgIpc) is 2.94. The smallest absolute Gasteiger partial charge is 0.127 e. The van der Waals surface area contributed by atoms with E-state index in [2.05, 4.69) is 32.3 Å². The van der Waals surface area contributed by atoms with Crippen molar-refractivity contribution >= 4 is 5.82 Å². The van der Waals surface area contributed by atoms with Gasteiger partial charge in [-0.1, -0.05) is 19.8 Å². The Morgan fingerprint density at radius 3 is 2.45 bits per heavy atom. The highest BCUT2D eigenvalue weighted by Crippen LogP contribution is 2.39. The first-order chi connectivity index (χ1) is 9.36. The van der Waals surface area contributed by atoms with Gasteiger partial charge in [0.2, 0.25) is 0 Å². The molecule has 1 unspecified atom stereocenters. The quantitative estimate of drug-likeness (QED) is 0.915. The zero-order chi connectivity index (χ0) is 14.9. The predicted molar refractivity (Wildman–Crippen MR) is 83.1 cm³/mol. The number of nitrogen functional groups attached to an aromatic ring is 1. The van der Waals surface area contributed by atoms with Crippen molar-refractivity contribution in [2.45, 2.75) is 70.8 Å². The summed E-state index contributed by atoms with van der Waals surface area (Å²) in [5.74, 6) is 2.82. The normalized spacial score (nSPS) is 18.6. The van der Waals surface area contributed by atoms with Crippen LogP contribution in [-0.2, 0) is 10.3 Å². The monoisotopic (exact) mass is 279 g/mol. The minimum absolute atomic E-state index is 0.0277. The van der Waals surface area contributed by atoms with E-state index in [1.807, 2.05) is 0 Å². The van der Waals surface area contributed by atoms with Crippen molar-refractivity contribution in [3.05, 3.63) is 11.5 Å². The van der Waals surface area contributed by atoms with Gasteiger partial charge in [-0.15, -0.1) is 0 Å². The van der Waals surface area contributed by atoms with Gasteiger partial charge in [-0.3, -0.25) is 0 Å². The van der Waals surface area contributed by atoms with Gasteiger partial charge in [-0.25, -0.2) is 4.98 Å². The van der Waals surface area contributed by atoms with Crippen LogP contribution in [0.25, 0.3) is 0 Å². The molecule has 114 valence electrons. The molecule has 1 aliphatic carbocycles. The highest BCUT2D eigenvalue weighted by atomic mass is 16.5. The van der Waals surface area contributed by atoms with E-state index in [0.717, 1.165) is 11.5 Å². The van der Waals surface area contributed by atoms with Gasteiger partial charge in [0.15, 0.2) is 0 Å². The molecule has 0 spiro atoms. The molecule has 0 aromatic carbocycles. The van der Waals surface area contributed by atoms with Crippen molar-refractivity contribution < 1.29 is 4.74 Å². The van der Waals surface area contributed by atoms with E-state index in [4.69, 9.17) is 15.5 Å². The number of imidazole rings is 1. The van der Waals surface area contributed by atoms with Gasteiger partial charge >= 0.3 is 0 Å². The summed E-state index contributed by atoms with van der Waals surface area (Å²) in [5.41, 5.74) is 7.41. The van der Waals surface area contributed by atoms with Crippen LogP contribution in [0.4, 0.5) is 5.82 Å². The first kappa shape index (κ1) is 15.4. The van der Waals surface area contributed by atoms with E-state index in [1.54, 1.807) is 7.11 Å². The number of hydrogen-bond acceptors (Lipinski definition) is 3. The molecule has 1 saturated carbocycles. The van der Waals surface area contributed by atoms with Crippen molar-refractivity contribution in [2.24, 2.45) is 0 Å². The highest BCUT2D eigenvalue weighted by molar-refractivity contribution is 5.42. The lowest BCUT2D eigenvalue weighted by Gasteiger charge is -2.27. The molecule has 0 amide bonds. The van der Waals surface area contributed by atoms with Crippen LogP contribution in [0.1, 0.15) is 76.7 Å². The van der Waals surface area contributed by atoms with Crippen molar-refractivity contribution in [3.8, 4) is 0 Å². The molecule has 1 aromatic heterocycles. The number of ether oxygens (including phenoxy) is 1. The van der Waals surface area contributed by atoms with E-state index in [0.29, 0.717) is 12.5 Å². The summed E-state index contributed by atoms with van der Waals surface area (Å²) < 4.78 is 7.52. The van der Waals surface area contributed by atoms with E-state index in [1.165, 1.54) is 31.5 Å². The van der Waals surface area contributed by atoms with Crippen molar-refractivity contribution in [1.82, 2.24) is 9.55 Å². The lowest BCUT2D eigenvalue weighted by molar-refractivity contribution is 0.183. The van der Waals surface area contributed by atoms with Gasteiger partial charge < -0.3 is 15.0 Å². The van der Waals surface area contributed by atoms with Crippen LogP contribution in [0.15, 0.2) is 0 Å². The second kappa shape index (κ2) is 5.76. The topological polar surface area (TPSA) is 53.1 Å². The number of methoxy groups -OCH3 is 1. The standard InChI is InChI=1S/C16H29N3O/c1-11(10-20-5)13-14(17)19(16(2,3)4)15(18-13)12-8-6-7-9-12/h11-12H,6-10,17H2,1-5H3. The molecular weight excluding hydrogens is 250 g/mol. The summed E-state index contributed by atoms with van der Waals surface area (Å²) in [6.07, 6.45) is 5.10. The summed E-state index contributed by atoms with van der Waals surface area (Å²) >= 11 is 0. The Hall–Kier alpha value is -1.03. The van der Waals surface area contributed by atoms with Crippen LogP contribution in [0, 0.1) is 0 Å². The molecule has 2 rings (SSSR count). The van der Waals surface area contributed by atoms with Crippen LogP contribution in [0.2, 0.25) is 0 Å². The second-order valence-corrected chi connectivity index (χ2v) is 7.08. The van der Waals surface area contributed by atoms with Crippen LogP contribution >= 0.6 is 0 Å². The maximum Gasteiger partial charge on any atom is 0.127 e. The molecular formula is C16H29N3O. The predicted octanol–water partition coefficient (Wildman–Crippen LogP) is 3.63. The number of hydrogen-bond donors (Lipinski definition) is 1. The highest BCUT2D eigenvalue weighted by Gasteiger charge is 2.31. The first-order valence-electron chi connectivity index (χ1n) is 7.73. The maximum absolute atomic E-state index is 6.43. The number of nitrogens with two attached hydrogens (primary N) is 1. The van der Waals surface area contributed by atoms with Crippen molar-refractivity contribution in [2.75, 3.05) is 19.5 Å². The molecule has 0 saturated heterocycles. The van der Waals surface area contributed by atoms with E-state index in [9.17, 15) is 0 Å². The Morgan fingerprint density at radius 1 is 1.35 bits per heavy atom. The zero-order valence-corrected chi connectivity index (χ0v) is 13.6. The molecule has 1 heterocycles. The van der Waals surface area contributed by atoms with Crippen LogP contribution in [0.5, 0.6) is 0 Å². The molecule has 20 heavy (non-hydrogen) atoms. The summed E-state index contributed by atoms with van der Waals surface area (Å²) in [7, 11) is 1.73. The molecule has 0 aliphatic heterocycles. The van der Waals surface area contributed by atoms with Crippen molar-refractivity contribution in [3.63, 3.8) is 0 Å². The molecule has 1 aromatic rings. The summed E-state index contributed by atoms with van der Waals surface area (Å²) in [6, 6.07) is 0. The van der Waals surface area contributed by atoms with Gasteiger partial charge in [0, 0.05) is 24.5 Å². The SMILES string of the molecule is COCC(C)c1nc(C2CCCC2)n(C(C)(C)C)c1N.